The van der Waals surface area contributed by atoms with E-state index >= 15 is 0 Å². The number of ether oxygens (including phenoxy) is 3. The summed E-state index contributed by atoms with van der Waals surface area (Å²) in [7, 11) is 1.43. The molecule has 1 amide bonds. The summed E-state index contributed by atoms with van der Waals surface area (Å²) in [5.41, 5.74) is -0.139. The SMILES string of the molecule is COc1ccc(Oc2c(C(F)(F)F)oc3cc(OCC(=O)Nc4ccc(Cl)cc4C)ccc3c2=O)cc1. The fourth-order valence-electron chi connectivity index (χ4n) is 3.39. The normalized spacial score (nSPS) is 11.3. The maximum atomic E-state index is 13.8. The summed E-state index contributed by atoms with van der Waals surface area (Å²) >= 11 is 5.90. The van der Waals surface area contributed by atoms with Gasteiger partial charge < -0.3 is 23.9 Å². The highest BCUT2D eigenvalue weighted by Gasteiger charge is 2.40. The van der Waals surface area contributed by atoms with Gasteiger partial charge in [-0.3, -0.25) is 9.59 Å². The molecule has 0 atom stereocenters. The summed E-state index contributed by atoms with van der Waals surface area (Å²) in [4.78, 5) is 25.2. The Morgan fingerprint density at radius 3 is 2.32 bits per heavy atom. The number of amides is 1. The number of nitrogens with one attached hydrogen (secondary N) is 1. The monoisotopic (exact) mass is 533 g/mol. The van der Waals surface area contributed by atoms with Crippen LogP contribution in [-0.4, -0.2) is 19.6 Å². The van der Waals surface area contributed by atoms with Crippen molar-refractivity contribution < 1.29 is 36.6 Å². The van der Waals surface area contributed by atoms with Crippen molar-refractivity contribution in [3.63, 3.8) is 0 Å². The first-order valence-corrected chi connectivity index (χ1v) is 11.1. The number of alkyl halides is 3. The van der Waals surface area contributed by atoms with Gasteiger partial charge in [0.2, 0.25) is 11.2 Å². The smallest absolute Gasteiger partial charge is 0.453 e. The second-order valence-electron chi connectivity index (χ2n) is 7.82. The Morgan fingerprint density at radius 2 is 1.68 bits per heavy atom. The van der Waals surface area contributed by atoms with Gasteiger partial charge in [-0.2, -0.15) is 13.2 Å². The molecule has 1 heterocycles. The largest absolute Gasteiger partial charge is 0.497 e. The highest BCUT2D eigenvalue weighted by atomic mass is 35.5. The maximum absolute atomic E-state index is 13.8. The first-order valence-electron chi connectivity index (χ1n) is 10.7. The minimum atomic E-state index is -5.03. The third-order valence-electron chi connectivity index (χ3n) is 5.19. The van der Waals surface area contributed by atoms with Crippen molar-refractivity contribution in [3.8, 4) is 23.0 Å². The van der Waals surface area contributed by atoms with Gasteiger partial charge in [0.25, 0.3) is 11.7 Å². The summed E-state index contributed by atoms with van der Waals surface area (Å²) in [5, 5.41) is 3.00. The summed E-state index contributed by atoms with van der Waals surface area (Å²) in [6.07, 6.45) is -5.03. The molecule has 1 aromatic heterocycles. The molecule has 1 N–H and O–H groups in total. The first-order chi connectivity index (χ1) is 17.5. The molecule has 0 radical (unpaired) electrons. The van der Waals surface area contributed by atoms with Gasteiger partial charge in [-0.15, -0.1) is 0 Å². The predicted molar refractivity (Wildman–Crippen MR) is 131 cm³/mol. The van der Waals surface area contributed by atoms with Crippen molar-refractivity contribution in [2.45, 2.75) is 13.1 Å². The molecule has 0 unspecified atom stereocenters. The van der Waals surface area contributed by atoms with Crippen LogP contribution in [0.4, 0.5) is 18.9 Å². The minimum absolute atomic E-state index is 0.0140. The van der Waals surface area contributed by atoms with Crippen LogP contribution < -0.4 is 25.0 Å². The molecule has 0 aliphatic carbocycles. The number of carbonyl (C=O) groups is 1. The lowest BCUT2D eigenvalue weighted by Crippen LogP contribution is -2.20. The lowest BCUT2D eigenvalue weighted by Gasteiger charge is -2.14. The molecule has 0 saturated carbocycles. The Labute approximate surface area is 213 Å². The summed E-state index contributed by atoms with van der Waals surface area (Å²) in [6.45, 7) is 1.32. The number of fused-ring (bicyclic) bond motifs is 1. The van der Waals surface area contributed by atoms with Crippen LogP contribution in [0.25, 0.3) is 11.0 Å². The van der Waals surface area contributed by atoms with Gasteiger partial charge in [0.1, 0.15) is 22.8 Å². The topological polar surface area (TPSA) is 87.0 Å². The molecule has 4 aromatic rings. The van der Waals surface area contributed by atoms with E-state index in [0.717, 1.165) is 11.6 Å². The zero-order valence-electron chi connectivity index (χ0n) is 19.4. The molecule has 0 bridgehead atoms. The maximum Gasteiger partial charge on any atom is 0.453 e. The summed E-state index contributed by atoms with van der Waals surface area (Å²) in [5.74, 6) is -2.65. The zero-order chi connectivity index (χ0) is 26.7. The second-order valence-corrected chi connectivity index (χ2v) is 8.26. The number of halogens is 4. The fraction of sp³-hybridized carbons (Fsp3) is 0.154. The van der Waals surface area contributed by atoms with Crippen molar-refractivity contribution in [1.29, 1.82) is 0 Å². The quantitative estimate of drug-likeness (QED) is 0.288. The number of rotatable bonds is 7. The average Bonchev–Trinajstić information content (AvgIpc) is 2.85. The molecule has 0 saturated heterocycles. The molecule has 37 heavy (non-hydrogen) atoms. The third-order valence-corrected chi connectivity index (χ3v) is 5.43. The number of hydrogen-bond acceptors (Lipinski definition) is 6. The molecule has 0 fully saturated rings. The number of aryl methyl sites for hydroxylation is 1. The van der Waals surface area contributed by atoms with Crippen molar-refractivity contribution in [3.05, 3.63) is 87.2 Å². The van der Waals surface area contributed by atoms with Gasteiger partial charge in [-0.1, -0.05) is 11.6 Å². The Bertz CT molecular complexity index is 1520. The molecule has 11 heteroatoms. The third kappa shape index (κ3) is 5.97. The van der Waals surface area contributed by atoms with Gasteiger partial charge in [0, 0.05) is 16.8 Å². The molecular weight excluding hydrogens is 515 g/mol. The molecule has 0 aliphatic rings. The highest BCUT2D eigenvalue weighted by molar-refractivity contribution is 6.30. The van der Waals surface area contributed by atoms with Gasteiger partial charge in [0.05, 0.1) is 12.5 Å². The van der Waals surface area contributed by atoms with E-state index in [9.17, 15) is 22.8 Å². The number of methoxy groups -OCH3 is 1. The number of benzene rings is 3. The van der Waals surface area contributed by atoms with E-state index in [2.05, 4.69) is 5.32 Å². The standard InChI is InChI=1S/C26H19ClF3NO6/c1-14-11-15(27)3-10-20(14)31-22(32)13-35-18-8-9-19-21(12-18)37-25(26(28,29)30)24(23(19)33)36-17-6-4-16(34-2)5-7-17/h3-12H,13H2,1-2H3,(H,31,32). The van der Waals surface area contributed by atoms with Gasteiger partial charge in [-0.25, -0.2) is 0 Å². The van der Waals surface area contributed by atoms with Gasteiger partial charge >= 0.3 is 6.18 Å². The first kappa shape index (κ1) is 25.9. The van der Waals surface area contributed by atoms with Crippen molar-refractivity contribution >= 4 is 34.2 Å². The molecule has 7 nitrogen and oxygen atoms in total. The van der Waals surface area contributed by atoms with Crippen LogP contribution in [0.5, 0.6) is 23.0 Å². The number of anilines is 1. The van der Waals surface area contributed by atoms with E-state index in [4.69, 9.17) is 30.2 Å². The average molecular weight is 534 g/mol. The lowest BCUT2D eigenvalue weighted by atomic mass is 10.2. The van der Waals surface area contributed by atoms with Crippen LogP contribution in [0, 0.1) is 6.92 Å². The van der Waals surface area contributed by atoms with E-state index in [0.29, 0.717) is 16.5 Å². The van der Waals surface area contributed by atoms with E-state index in [1.807, 2.05) is 0 Å². The van der Waals surface area contributed by atoms with E-state index < -0.39 is 35.6 Å². The van der Waals surface area contributed by atoms with Crippen molar-refractivity contribution in [2.24, 2.45) is 0 Å². The van der Waals surface area contributed by atoms with Crippen molar-refractivity contribution in [1.82, 2.24) is 0 Å². The van der Waals surface area contributed by atoms with Gasteiger partial charge in [0.15, 0.2) is 6.61 Å². The van der Waals surface area contributed by atoms with Crippen LogP contribution in [-0.2, 0) is 11.0 Å². The summed E-state index contributed by atoms with van der Waals surface area (Å²) < 4.78 is 62.1. The lowest BCUT2D eigenvalue weighted by molar-refractivity contribution is -0.154. The number of hydrogen-bond donors (Lipinski definition) is 1. The molecule has 0 spiro atoms. The summed E-state index contributed by atoms with van der Waals surface area (Å²) in [6, 6.07) is 14.2. The second kappa shape index (κ2) is 10.4. The molecule has 3 aromatic carbocycles. The highest BCUT2D eigenvalue weighted by Crippen LogP contribution is 2.39. The molecule has 192 valence electrons. The number of carbonyl (C=O) groups excluding carboxylic acids is 1. The molecular formula is C26H19ClF3NO6. The Kier molecular flexibility index (Phi) is 7.30. The predicted octanol–water partition coefficient (Wildman–Crippen LogP) is 6.59. The zero-order valence-corrected chi connectivity index (χ0v) is 20.2. The van der Waals surface area contributed by atoms with Crippen LogP contribution in [0.2, 0.25) is 5.02 Å². The van der Waals surface area contributed by atoms with Crippen LogP contribution in [0.1, 0.15) is 11.3 Å². The Hall–Kier alpha value is -4.18. The van der Waals surface area contributed by atoms with E-state index in [-0.39, 0.29) is 22.5 Å². The van der Waals surface area contributed by atoms with Crippen LogP contribution in [0.15, 0.2) is 69.9 Å². The molecule has 0 aliphatic heterocycles. The van der Waals surface area contributed by atoms with Gasteiger partial charge in [-0.05, 0) is 67.1 Å². The van der Waals surface area contributed by atoms with E-state index in [1.165, 1.54) is 43.5 Å². The molecule has 4 rings (SSSR count). The fourth-order valence-corrected chi connectivity index (χ4v) is 3.62. The minimum Gasteiger partial charge on any atom is -0.497 e. The van der Waals surface area contributed by atoms with Crippen LogP contribution >= 0.6 is 11.6 Å². The Balaban J connectivity index is 1.59. The Morgan fingerprint density at radius 1 is 1.00 bits per heavy atom. The van der Waals surface area contributed by atoms with E-state index in [1.54, 1.807) is 25.1 Å². The van der Waals surface area contributed by atoms with Crippen molar-refractivity contribution in [2.75, 3.05) is 19.0 Å². The van der Waals surface area contributed by atoms with Crippen LogP contribution in [0.3, 0.4) is 0 Å².